The first-order valence-electron chi connectivity index (χ1n) is 4.35. The zero-order chi connectivity index (χ0) is 9.42. The Morgan fingerprint density at radius 2 is 2.31 bits per heavy atom. The molecule has 0 fully saturated rings. The average Bonchev–Trinajstić information content (AvgIpc) is 2.12. The van der Waals surface area contributed by atoms with Crippen LogP contribution in [0.1, 0.15) is 24.7 Å². The van der Waals surface area contributed by atoms with Crippen LogP contribution in [0.25, 0.3) is 0 Å². The zero-order valence-corrected chi connectivity index (χ0v) is 8.75. The first-order valence-corrected chi connectivity index (χ1v) is 5.15. The van der Waals surface area contributed by atoms with E-state index in [1.807, 2.05) is 0 Å². The summed E-state index contributed by atoms with van der Waals surface area (Å²) in [6, 6.07) is 3.35. The molecule has 2 heterocycles. The van der Waals surface area contributed by atoms with Gasteiger partial charge in [0.25, 0.3) is 5.56 Å². The van der Waals surface area contributed by atoms with Gasteiger partial charge in [0.15, 0.2) is 0 Å². The van der Waals surface area contributed by atoms with Gasteiger partial charge >= 0.3 is 0 Å². The molecule has 0 amide bonds. The summed E-state index contributed by atoms with van der Waals surface area (Å²) in [5, 5.41) is 0. The Bertz CT molecular complexity index is 386. The van der Waals surface area contributed by atoms with Gasteiger partial charge in [-0.05, 0) is 41.3 Å². The molecule has 0 aliphatic carbocycles. The van der Waals surface area contributed by atoms with E-state index in [0.29, 0.717) is 0 Å². The predicted molar refractivity (Wildman–Crippen MR) is 54.6 cm³/mol. The second-order valence-electron chi connectivity index (χ2n) is 3.30. The molecule has 2 N–H and O–H groups in total. The van der Waals surface area contributed by atoms with E-state index < -0.39 is 0 Å². The monoisotopic (exact) mass is 242 g/mol. The minimum Gasteiger partial charge on any atom is -0.311 e. The molecule has 0 saturated carbocycles. The fraction of sp³-hybridized carbons (Fsp3) is 0.444. The van der Waals surface area contributed by atoms with Crippen molar-refractivity contribution in [2.45, 2.75) is 25.4 Å². The Morgan fingerprint density at radius 3 is 3.00 bits per heavy atom. The van der Waals surface area contributed by atoms with E-state index in [2.05, 4.69) is 15.9 Å². The predicted octanol–water partition coefficient (Wildman–Crippen LogP) is 1.40. The van der Waals surface area contributed by atoms with E-state index >= 15 is 0 Å². The molecular formula is C9H11BrN2O. The molecule has 4 heteroatoms. The van der Waals surface area contributed by atoms with Crippen LogP contribution in [0.3, 0.4) is 0 Å². The molecule has 0 radical (unpaired) electrons. The van der Waals surface area contributed by atoms with E-state index in [9.17, 15) is 4.79 Å². The number of nitrogens with two attached hydrogens (primary N) is 1. The number of aromatic nitrogens is 1. The highest BCUT2D eigenvalue weighted by Crippen LogP contribution is 2.24. The van der Waals surface area contributed by atoms with Crippen molar-refractivity contribution < 1.29 is 0 Å². The first kappa shape index (κ1) is 8.97. The lowest BCUT2D eigenvalue weighted by Crippen LogP contribution is -2.35. The van der Waals surface area contributed by atoms with Gasteiger partial charge in [0, 0.05) is 16.2 Å². The quantitative estimate of drug-likeness (QED) is 0.748. The number of hydrogen-bond donors (Lipinski definition) is 1. The molecule has 0 bridgehead atoms. The normalized spacial score (nSPS) is 21.2. The second kappa shape index (κ2) is 3.27. The summed E-state index contributed by atoms with van der Waals surface area (Å²) in [6.07, 6.45) is 2.74. The number of rotatable bonds is 0. The largest absolute Gasteiger partial charge is 0.311 e. The zero-order valence-electron chi connectivity index (χ0n) is 7.16. The second-order valence-corrected chi connectivity index (χ2v) is 4.15. The average molecular weight is 243 g/mol. The molecular weight excluding hydrogens is 232 g/mol. The van der Waals surface area contributed by atoms with Crippen molar-refractivity contribution in [2.24, 2.45) is 5.73 Å². The topological polar surface area (TPSA) is 48.0 Å². The van der Waals surface area contributed by atoms with Gasteiger partial charge in [-0.15, -0.1) is 0 Å². The Labute approximate surface area is 84.7 Å². The molecule has 0 aromatic carbocycles. The Balaban J connectivity index is 2.67. The van der Waals surface area contributed by atoms with E-state index in [1.165, 1.54) is 0 Å². The molecule has 1 aromatic heterocycles. The van der Waals surface area contributed by atoms with Gasteiger partial charge in [-0.2, -0.15) is 0 Å². The molecule has 1 aliphatic heterocycles. The van der Waals surface area contributed by atoms with Crippen LogP contribution in [0.5, 0.6) is 0 Å². The molecule has 1 atom stereocenters. The minimum absolute atomic E-state index is 0.00500. The number of halogens is 1. The van der Waals surface area contributed by atoms with Crippen LogP contribution >= 0.6 is 15.9 Å². The third-order valence-electron chi connectivity index (χ3n) is 2.42. The van der Waals surface area contributed by atoms with Gasteiger partial charge in [0.2, 0.25) is 0 Å². The van der Waals surface area contributed by atoms with E-state index in [-0.39, 0.29) is 11.7 Å². The van der Waals surface area contributed by atoms with Crippen LogP contribution in [-0.4, -0.2) is 4.57 Å². The van der Waals surface area contributed by atoms with Gasteiger partial charge in [-0.1, -0.05) is 0 Å². The van der Waals surface area contributed by atoms with Gasteiger partial charge in [-0.25, -0.2) is 0 Å². The summed E-state index contributed by atoms with van der Waals surface area (Å²) in [7, 11) is 0. The summed E-state index contributed by atoms with van der Waals surface area (Å²) < 4.78 is 2.68. The number of fused-ring (bicyclic) bond motifs is 1. The molecule has 13 heavy (non-hydrogen) atoms. The van der Waals surface area contributed by atoms with Crippen molar-refractivity contribution >= 4 is 15.9 Å². The van der Waals surface area contributed by atoms with E-state index in [1.54, 1.807) is 16.7 Å². The lowest BCUT2D eigenvalue weighted by atomic mass is 10.1. The van der Waals surface area contributed by atoms with Crippen LogP contribution in [0.4, 0.5) is 0 Å². The molecule has 0 spiro atoms. The number of hydrogen-bond acceptors (Lipinski definition) is 2. The van der Waals surface area contributed by atoms with Crippen molar-refractivity contribution in [1.82, 2.24) is 4.57 Å². The third-order valence-corrected chi connectivity index (χ3v) is 3.14. The molecule has 1 aliphatic rings. The minimum atomic E-state index is -0.145. The fourth-order valence-corrected chi connectivity index (χ4v) is 2.30. The summed E-state index contributed by atoms with van der Waals surface area (Å²) in [6.45, 7) is 0. The maximum atomic E-state index is 11.5. The van der Waals surface area contributed by atoms with Crippen molar-refractivity contribution in [3.05, 3.63) is 32.7 Å². The molecule has 0 saturated heterocycles. The highest BCUT2D eigenvalue weighted by molar-refractivity contribution is 9.10. The van der Waals surface area contributed by atoms with Crippen LogP contribution in [0, 0.1) is 0 Å². The summed E-state index contributed by atoms with van der Waals surface area (Å²) in [5.41, 5.74) is 6.90. The van der Waals surface area contributed by atoms with E-state index in [0.717, 1.165) is 29.4 Å². The SMILES string of the molecule is NC1CCCc2c(Br)ccc(=O)n21. The maximum Gasteiger partial charge on any atom is 0.252 e. The standard InChI is InChI=1S/C9H11BrN2O/c10-6-4-5-9(13)12-7(6)2-1-3-8(12)11/h4-5,8H,1-3,11H2. The highest BCUT2D eigenvalue weighted by Gasteiger charge is 2.18. The molecule has 1 aromatic rings. The van der Waals surface area contributed by atoms with Crippen LogP contribution in [0.2, 0.25) is 0 Å². The molecule has 2 rings (SSSR count). The van der Waals surface area contributed by atoms with Crippen LogP contribution in [0.15, 0.2) is 21.4 Å². The van der Waals surface area contributed by atoms with Crippen molar-refractivity contribution in [3.63, 3.8) is 0 Å². The van der Waals surface area contributed by atoms with Gasteiger partial charge in [-0.3, -0.25) is 9.36 Å². The first-order chi connectivity index (χ1) is 6.20. The van der Waals surface area contributed by atoms with Crippen molar-refractivity contribution in [1.29, 1.82) is 0 Å². The van der Waals surface area contributed by atoms with Gasteiger partial charge in [0.05, 0.1) is 6.17 Å². The maximum absolute atomic E-state index is 11.5. The lowest BCUT2D eigenvalue weighted by Gasteiger charge is -2.25. The molecule has 1 unspecified atom stereocenters. The third kappa shape index (κ3) is 1.44. The molecule has 70 valence electrons. The van der Waals surface area contributed by atoms with Crippen LogP contribution in [-0.2, 0) is 6.42 Å². The van der Waals surface area contributed by atoms with E-state index in [4.69, 9.17) is 5.73 Å². The summed E-state index contributed by atoms with van der Waals surface area (Å²) in [5.74, 6) is 0. The highest BCUT2D eigenvalue weighted by atomic mass is 79.9. The Kier molecular flexibility index (Phi) is 2.26. The Morgan fingerprint density at radius 1 is 1.54 bits per heavy atom. The summed E-state index contributed by atoms with van der Waals surface area (Å²) in [4.78, 5) is 11.5. The number of nitrogens with zero attached hydrogens (tertiary/aromatic N) is 1. The fourth-order valence-electron chi connectivity index (χ4n) is 1.78. The Hall–Kier alpha value is -0.610. The smallest absolute Gasteiger partial charge is 0.252 e. The van der Waals surface area contributed by atoms with Crippen molar-refractivity contribution in [3.8, 4) is 0 Å². The van der Waals surface area contributed by atoms with Crippen LogP contribution < -0.4 is 11.3 Å². The summed E-state index contributed by atoms with van der Waals surface area (Å²) >= 11 is 3.43. The molecule has 3 nitrogen and oxygen atoms in total. The van der Waals surface area contributed by atoms with Gasteiger partial charge in [0.1, 0.15) is 0 Å². The van der Waals surface area contributed by atoms with Gasteiger partial charge < -0.3 is 5.73 Å². The van der Waals surface area contributed by atoms with Crippen molar-refractivity contribution in [2.75, 3.05) is 0 Å². The lowest BCUT2D eigenvalue weighted by molar-refractivity contribution is 0.398. The number of pyridine rings is 1.